The number of nitrogens with zero attached hydrogens (tertiary/aromatic N) is 1. The SMILES string of the molecule is c1ccc([Si](c2ccccc2)(c2ccccc2)c2cc(-n3c4ccccc4c4cc(-c5ccc6oc7ccccc7c6c5)ccc43)cc([Si](c3ccccc3)(c3ccccc3)c3ccccc3)c2)cc1. The molecular formula is C66H47NOSi2. The molecule has 0 spiro atoms. The minimum Gasteiger partial charge on any atom is -0.456 e. The van der Waals surface area contributed by atoms with Crippen molar-refractivity contribution in [3.8, 4) is 16.8 Å². The van der Waals surface area contributed by atoms with Crippen molar-refractivity contribution in [1.29, 1.82) is 0 Å². The molecule has 0 radical (unpaired) electrons. The zero-order valence-electron chi connectivity index (χ0n) is 38.5. The maximum atomic E-state index is 6.26. The van der Waals surface area contributed by atoms with E-state index in [1.54, 1.807) is 0 Å². The second kappa shape index (κ2) is 17.2. The van der Waals surface area contributed by atoms with E-state index in [1.165, 1.54) is 68.9 Å². The predicted molar refractivity (Wildman–Crippen MR) is 301 cm³/mol. The highest BCUT2D eigenvalue weighted by molar-refractivity contribution is 7.22. The van der Waals surface area contributed by atoms with Crippen LogP contribution in [-0.2, 0) is 0 Å². The highest BCUT2D eigenvalue weighted by Gasteiger charge is 2.46. The van der Waals surface area contributed by atoms with Crippen molar-refractivity contribution in [2.75, 3.05) is 0 Å². The number of benzene rings is 11. The molecule has 0 fully saturated rings. The molecule has 0 aliphatic carbocycles. The Kier molecular flexibility index (Phi) is 10.2. The summed E-state index contributed by atoms with van der Waals surface area (Å²) < 4.78 is 8.81. The molecule has 0 saturated heterocycles. The van der Waals surface area contributed by atoms with E-state index >= 15 is 0 Å². The second-order valence-electron chi connectivity index (χ2n) is 18.4. The van der Waals surface area contributed by atoms with Crippen LogP contribution < -0.4 is 41.5 Å². The molecular weight excluding hydrogens is 879 g/mol. The zero-order valence-corrected chi connectivity index (χ0v) is 40.5. The summed E-state index contributed by atoms with van der Waals surface area (Å²) in [5, 5.41) is 15.4. The van der Waals surface area contributed by atoms with Crippen LogP contribution in [0.1, 0.15) is 0 Å². The molecule has 13 aromatic rings. The molecule has 0 bridgehead atoms. The zero-order chi connectivity index (χ0) is 46.5. The van der Waals surface area contributed by atoms with Crippen LogP contribution in [0.5, 0.6) is 0 Å². The van der Waals surface area contributed by atoms with Crippen LogP contribution in [0, 0.1) is 0 Å². The number of furan rings is 1. The first-order chi connectivity index (χ1) is 34.7. The van der Waals surface area contributed by atoms with E-state index in [-0.39, 0.29) is 0 Å². The lowest BCUT2D eigenvalue weighted by atomic mass is 10.0. The maximum absolute atomic E-state index is 6.26. The van der Waals surface area contributed by atoms with Gasteiger partial charge in [0.05, 0.1) is 11.0 Å². The van der Waals surface area contributed by atoms with Crippen molar-refractivity contribution in [2.24, 2.45) is 0 Å². The third-order valence-electron chi connectivity index (χ3n) is 14.7. The van der Waals surface area contributed by atoms with Crippen LogP contribution >= 0.6 is 0 Å². The molecule has 2 heterocycles. The third kappa shape index (κ3) is 6.60. The van der Waals surface area contributed by atoms with E-state index in [1.807, 2.05) is 6.07 Å². The van der Waals surface area contributed by atoms with E-state index in [0.717, 1.165) is 33.2 Å². The molecule has 0 aliphatic rings. The Balaban J connectivity index is 1.16. The Morgan fingerprint density at radius 3 is 1.07 bits per heavy atom. The summed E-state index contributed by atoms with van der Waals surface area (Å²) in [6, 6.07) is 107. The van der Waals surface area contributed by atoms with Gasteiger partial charge in [0, 0.05) is 27.2 Å². The van der Waals surface area contributed by atoms with Gasteiger partial charge in [-0.2, -0.15) is 0 Å². The normalized spacial score (nSPS) is 12.0. The first kappa shape index (κ1) is 41.6. The lowest BCUT2D eigenvalue weighted by Crippen LogP contribution is -2.78. The third-order valence-corrected chi connectivity index (χ3v) is 24.2. The molecule has 0 amide bonds. The summed E-state index contributed by atoms with van der Waals surface area (Å²) in [6.07, 6.45) is 0. The van der Waals surface area contributed by atoms with Crippen molar-refractivity contribution < 1.29 is 4.42 Å². The second-order valence-corrected chi connectivity index (χ2v) is 26.0. The molecule has 11 aromatic carbocycles. The smallest absolute Gasteiger partial charge is 0.179 e. The average Bonchev–Trinajstić information content (AvgIpc) is 3.98. The van der Waals surface area contributed by atoms with E-state index in [4.69, 9.17) is 4.42 Å². The predicted octanol–water partition coefficient (Wildman–Crippen LogP) is 11.1. The largest absolute Gasteiger partial charge is 0.456 e. The van der Waals surface area contributed by atoms with Crippen LogP contribution in [0.2, 0.25) is 0 Å². The van der Waals surface area contributed by atoms with E-state index in [2.05, 4.69) is 284 Å². The van der Waals surface area contributed by atoms with E-state index in [9.17, 15) is 0 Å². The van der Waals surface area contributed by atoms with Crippen molar-refractivity contribution in [2.45, 2.75) is 0 Å². The fourth-order valence-electron chi connectivity index (χ4n) is 11.6. The van der Waals surface area contributed by atoms with Crippen LogP contribution in [0.3, 0.4) is 0 Å². The first-order valence-corrected chi connectivity index (χ1v) is 28.2. The van der Waals surface area contributed by atoms with Gasteiger partial charge in [-0.1, -0.05) is 237 Å². The van der Waals surface area contributed by atoms with Crippen LogP contribution in [0.4, 0.5) is 0 Å². The van der Waals surface area contributed by atoms with Gasteiger partial charge in [-0.3, -0.25) is 0 Å². The summed E-state index contributed by atoms with van der Waals surface area (Å²) in [5.41, 5.74) is 7.64. The van der Waals surface area contributed by atoms with Crippen molar-refractivity contribution in [3.05, 3.63) is 285 Å². The number of aromatic nitrogens is 1. The van der Waals surface area contributed by atoms with Crippen molar-refractivity contribution in [3.63, 3.8) is 0 Å². The summed E-state index contributed by atoms with van der Waals surface area (Å²) in [5.74, 6) is 0. The average molecular weight is 926 g/mol. The molecule has 0 saturated carbocycles. The Morgan fingerprint density at radius 2 is 0.600 bits per heavy atom. The number of fused-ring (bicyclic) bond motifs is 6. The van der Waals surface area contributed by atoms with Gasteiger partial charge in [0.15, 0.2) is 16.1 Å². The molecule has 330 valence electrons. The van der Waals surface area contributed by atoms with Gasteiger partial charge >= 0.3 is 0 Å². The number of rotatable bonds is 10. The lowest BCUT2D eigenvalue weighted by Gasteiger charge is -2.38. The Morgan fingerprint density at radius 1 is 0.243 bits per heavy atom. The molecule has 0 N–H and O–H groups in total. The fraction of sp³-hybridized carbons (Fsp3) is 0. The summed E-state index contributed by atoms with van der Waals surface area (Å²) in [4.78, 5) is 0. The van der Waals surface area contributed by atoms with Gasteiger partial charge in [0.2, 0.25) is 0 Å². The molecule has 13 rings (SSSR count). The maximum Gasteiger partial charge on any atom is 0.179 e. The van der Waals surface area contributed by atoms with Gasteiger partial charge in [-0.25, -0.2) is 0 Å². The minimum absolute atomic E-state index is 0.903. The summed E-state index contributed by atoms with van der Waals surface area (Å²) >= 11 is 0. The van der Waals surface area contributed by atoms with Crippen LogP contribution in [-0.4, -0.2) is 20.7 Å². The van der Waals surface area contributed by atoms with Gasteiger partial charge in [-0.15, -0.1) is 0 Å². The molecule has 2 aromatic heterocycles. The fourth-order valence-corrected chi connectivity index (χ4v) is 21.4. The number of hydrogen-bond acceptors (Lipinski definition) is 1. The van der Waals surface area contributed by atoms with Crippen LogP contribution in [0.15, 0.2) is 290 Å². The molecule has 0 unspecified atom stereocenters. The van der Waals surface area contributed by atoms with E-state index < -0.39 is 16.1 Å². The first-order valence-electron chi connectivity index (χ1n) is 24.2. The quantitative estimate of drug-likeness (QED) is 0.0987. The Hall–Kier alpha value is -8.55. The van der Waals surface area contributed by atoms with Crippen LogP contribution in [0.25, 0.3) is 60.6 Å². The van der Waals surface area contributed by atoms with Gasteiger partial charge in [0.25, 0.3) is 0 Å². The topological polar surface area (TPSA) is 18.1 Å². The highest BCUT2D eigenvalue weighted by atomic mass is 28.3. The molecule has 4 heteroatoms. The molecule has 0 aliphatic heterocycles. The van der Waals surface area contributed by atoms with Crippen molar-refractivity contribution >= 4 is 101 Å². The molecule has 0 atom stereocenters. The minimum atomic E-state index is -3.08. The van der Waals surface area contributed by atoms with Gasteiger partial charge < -0.3 is 8.98 Å². The number of hydrogen-bond donors (Lipinski definition) is 0. The standard InChI is InChI=1S/C66H47NOSi2/c1-7-23-51(24-8-1)69(52-25-9-2-10-26-52,53-27-11-3-12-28-53)57-45-50(46-58(47-57)70(54-29-13-4-14-30-54,55-31-15-5-16-32-55)56-33-17-6-18-34-56)67-63-37-21-19-35-59(63)61-43-48(39-41-64(61)67)49-40-42-66-62(44-49)60-36-20-22-38-65(60)68-66/h1-47H. The Bertz CT molecular complexity index is 3640. The summed E-state index contributed by atoms with van der Waals surface area (Å²) in [6.45, 7) is 0. The number of para-hydroxylation sites is 2. The van der Waals surface area contributed by atoms with E-state index in [0.29, 0.717) is 0 Å². The monoisotopic (exact) mass is 925 g/mol. The lowest BCUT2D eigenvalue weighted by molar-refractivity contribution is 0.669. The Labute approximate surface area is 410 Å². The van der Waals surface area contributed by atoms with Crippen molar-refractivity contribution in [1.82, 2.24) is 4.57 Å². The molecule has 70 heavy (non-hydrogen) atoms. The molecule has 2 nitrogen and oxygen atoms in total. The van der Waals surface area contributed by atoms with Gasteiger partial charge in [-0.05, 0) is 101 Å². The van der Waals surface area contributed by atoms with Gasteiger partial charge in [0.1, 0.15) is 11.2 Å². The highest BCUT2D eigenvalue weighted by Crippen LogP contribution is 2.37. The summed E-state index contributed by atoms with van der Waals surface area (Å²) in [7, 11) is -6.16.